The van der Waals surface area contributed by atoms with Gasteiger partial charge in [0, 0.05) is 45.5 Å². The summed E-state index contributed by atoms with van der Waals surface area (Å²) in [6, 6.07) is 12.3. The van der Waals surface area contributed by atoms with Gasteiger partial charge in [-0.05, 0) is 37.1 Å². The van der Waals surface area contributed by atoms with Crippen LogP contribution in [-0.2, 0) is 24.1 Å². The number of halogens is 3. The lowest BCUT2D eigenvalue weighted by Crippen LogP contribution is -2.46. The topological polar surface area (TPSA) is 57.6 Å². The zero-order valence-electron chi connectivity index (χ0n) is 18.0. The molecule has 1 saturated heterocycles. The summed E-state index contributed by atoms with van der Waals surface area (Å²) in [5, 5.41) is 2.68. The van der Waals surface area contributed by atoms with Gasteiger partial charge in [0.05, 0.1) is 0 Å². The predicted molar refractivity (Wildman–Crippen MR) is 116 cm³/mol. The molecule has 1 aliphatic heterocycles. The van der Waals surface area contributed by atoms with E-state index in [2.05, 4.69) is 39.4 Å². The fourth-order valence-electron chi connectivity index (χ4n) is 3.79. The number of alkyl halides is 3. The van der Waals surface area contributed by atoms with Crippen LogP contribution in [0, 0.1) is 0 Å². The standard InChI is InChI=1S/C23H29F3N4O2/c24-23(25,26)20-9-6-12-30(22(20)32)18-21(31)27-10-4-5-11-28-13-15-29(16-14-28)17-19-7-2-1-3-8-19/h1-3,6-9,12H,4-5,10-11,13-18H2,(H,27,31). The molecule has 0 bridgehead atoms. The first-order valence-electron chi connectivity index (χ1n) is 10.8. The van der Waals surface area contributed by atoms with Gasteiger partial charge >= 0.3 is 6.18 Å². The first-order valence-corrected chi connectivity index (χ1v) is 10.8. The van der Waals surface area contributed by atoms with Gasteiger partial charge in [0.15, 0.2) is 0 Å². The quantitative estimate of drug-likeness (QED) is 0.597. The van der Waals surface area contributed by atoms with Crippen LogP contribution in [0.25, 0.3) is 0 Å². The van der Waals surface area contributed by atoms with E-state index in [1.165, 1.54) is 11.8 Å². The van der Waals surface area contributed by atoms with Crippen molar-refractivity contribution in [3.8, 4) is 0 Å². The minimum Gasteiger partial charge on any atom is -0.355 e. The highest BCUT2D eigenvalue weighted by Gasteiger charge is 2.34. The third kappa shape index (κ3) is 7.20. The largest absolute Gasteiger partial charge is 0.421 e. The van der Waals surface area contributed by atoms with Gasteiger partial charge in [-0.3, -0.25) is 14.5 Å². The van der Waals surface area contributed by atoms with Gasteiger partial charge < -0.3 is 14.8 Å². The molecule has 1 aromatic carbocycles. The number of hydrogen-bond donors (Lipinski definition) is 1. The summed E-state index contributed by atoms with van der Waals surface area (Å²) < 4.78 is 39.2. The Balaban J connectivity index is 1.30. The number of rotatable bonds is 9. The van der Waals surface area contributed by atoms with Crippen LogP contribution in [-0.4, -0.2) is 59.5 Å². The summed E-state index contributed by atoms with van der Waals surface area (Å²) >= 11 is 0. The van der Waals surface area contributed by atoms with Gasteiger partial charge in [-0.2, -0.15) is 13.2 Å². The van der Waals surface area contributed by atoms with E-state index in [9.17, 15) is 22.8 Å². The number of pyridine rings is 1. The fourth-order valence-corrected chi connectivity index (χ4v) is 3.79. The molecule has 0 unspecified atom stereocenters. The lowest BCUT2D eigenvalue weighted by molar-refractivity contribution is -0.139. The van der Waals surface area contributed by atoms with Gasteiger partial charge in [-0.25, -0.2) is 0 Å². The SMILES string of the molecule is O=C(Cn1cccc(C(F)(F)F)c1=O)NCCCCN1CCN(Cc2ccccc2)CC1. The van der Waals surface area contributed by atoms with Gasteiger partial charge in [0.2, 0.25) is 5.91 Å². The summed E-state index contributed by atoms with van der Waals surface area (Å²) in [4.78, 5) is 28.7. The Morgan fingerprint density at radius 1 is 0.938 bits per heavy atom. The van der Waals surface area contributed by atoms with Crippen LogP contribution in [0.3, 0.4) is 0 Å². The molecule has 2 heterocycles. The van der Waals surface area contributed by atoms with E-state index in [0.717, 1.165) is 68.8 Å². The molecule has 0 radical (unpaired) electrons. The van der Waals surface area contributed by atoms with Crippen LogP contribution in [0.15, 0.2) is 53.5 Å². The van der Waals surface area contributed by atoms with Crippen LogP contribution < -0.4 is 10.9 Å². The van der Waals surface area contributed by atoms with Crippen molar-refractivity contribution >= 4 is 5.91 Å². The van der Waals surface area contributed by atoms with Crippen molar-refractivity contribution in [3.05, 3.63) is 70.1 Å². The van der Waals surface area contributed by atoms with Gasteiger partial charge in [0.25, 0.3) is 5.56 Å². The molecule has 1 N–H and O–H groups in total. The Morgan fingerprint density at radius 2 is 1.62 bits per heavy atom. The van der Waals surface area contributed by atoms with Crippen LogP contribution >= 0.6 is 0 Å². The minimum absolute atomic E-state index is 0.424. The number of benzene rings is 1. The van der Waals surface area contributed by atoms with Crippen molar-refractivity contribution in [2.75, 3.05) is 39.3 Å². The number of nitrogens with one attached hydrogen (secondary N) is 1. The second-order valence-electron chi connectivity index (χ2n) is 8.01. The Hall–Kier alpha value is -2.65. The smallest absolute Gasteiger partial charge is 0.355 e. The van der Waals surface area contributed by atoms with E-state index in [-0.39, 0.29) is 0 Å². The van der Waals surface area contributed by atoms with Crippen molar-refractivity contribution < 1.29 is 18.0 Å². The van der Waals surface area contributed by atoms with E-state index in [0.29, 0.717) is 6.54 Å². The van der Waals surface area contributed by atoms with E-state index < -0.39 is 29.8 Å². The molecule has 1 aromatic heterocycles. The third-order valence-corrected chi connectivity index (χ3v) is 5.58. The molecule has 1 amide bonds. The molecule has 3 rings (SSSR count). The van der Waals surface area contributed by atoms with Crippen LogP contribution in [0.2, 0.25) is 0 Å². The van der Waals surface area contributed by atoms with Crippen molar-refractivity contribution in [1.82, 2.24) is 19.7 Å². The summed E-state index contributed by atoms with van der Waals surface area (Å²) in [5.74, 6) is -0.471. The van der Waals surface area contributed by atoms with Crippen LogP contribution in [0.5, 0.6) is 0 Å². The molecular weight excluding hydrogens is 421 g/mol. The fraction of sp³-hybridized carbons (Fsp3) is 0.478. The number of amides is 1. The Morgan fingerprint density at radius 3 is 2.31 bits per heavy atom. The zero-order chi connectivity index (χ0) is 23.0. The van der Waals surface area contributed by atoms with Gasteiger partial charge in [-0.15, -0.1) is 0 Å². The molecule has 174 valence electrons. The molecule has 0 aliphatic carbocycles. The number of carbonyl (C=O) groups excluding carboxylic acids is 1. The number of piperazine rings is 1. The first-order chi connectivity index (χ1) is 15.3. The Bertz CT molecular complexity index is 923. The van der Waals surface area contributed by atoms with Gasteiger partial charge in [0.1, 0.15) is 12.1 Å². The first kappa shape index (κ1) is 24.0. The summed E-state index contributed by atoms with van der Waals surface area (Å²) in [5.41, 5.74) is -1.15. The highest BCUT2D eigenvalue weighted by molar-refractivity contribution is 5.75. The number of hydrogen-bond acceptors (Lipinski definition) is 4. The van der Waals surface area contributed by atoms with Gasteiger partial charge in [-0.1, -0.05) is 30.3 Å². The van der Waals surface area contributed by atoms with E-state index in [1.54, 1.807) is 0 Å². The predicted octanol–water partition coefficient (Wildman–Crippen LogP) is 2.58. The van der Waals surface area contributed by atoms with Crippen molar-refractivity contribution in [3.63, 3.8) is 0 Å². The average molecular weight is 451 g/mol. The molecule has 9 heteroatoms. The molecule has 1 aliphatic rings. The summed E-state index contributed by atoms with van der Waals surface area (Å²) in [6.07, 6.45) is -1.85. The average Bonchev–Trinajstić information content (AvgIpc) is 2.76. The van der Waals surface area contributed by atoms with Crippen molar-refractivity contribution in [2.45, 2.75) is 32.1 Å². The normalized spacial score (nSPS) is 15.6. The second-order valence-corrected chi connectivity index (χ2v) is 8.01. The maximum Gasteiger partial charge on any atom is 0.421 e. The van der Waals surface area contributed by atoms with E-state index in [1.807, 2.05) is 6.07 Å². The Kier molecular flexibility index (Phi) is 8.46. The molecule has 32 heavy (non-hydrogen) atoms. The van der Waals surface area contributed by atoms with Crippen molar-refractivity contribution in [2.24, 2.45) is 0 Å². The second kappa shape index (κ2) is 11.3. The number of carbonyl (C=O) groups is 1. The highest BCUT2D eigenvalue weighted by atomic mass is 19.4. The monoisotopic (exact) mass is 450 g/mol. The maximum absolute atomic E-state index is 12.8. The number of nitrogens with zero attached hydrogens (tertiary/aromatic N) is 3. The highest BCUT2D eigenvalue weighted by Crippen LogP contribution is 2.25. The van der Waals surface area contributed by atoms with Crippen LogP contribution in [0.1, 0.15) is 24.0 Å². The lowest BCUT2D eigenvalue weighted by Gasteiger charge is -2.34. The molecule has 2 aromatic rings. The molecule has 1 fully saturated rings. The molecule has 0 atom stereocenters. The summed E-state index contributed by atoms with van der Waals surface area (Å²) in [6.45, 7) is 5.99. The van der Waals surface area contributed by atoms with E-state index >= 15 is 0 Å². The Labute approximate surface area is 185 Å². The number of unbranched alkanes of at least 4 members (excludes halogenated alkanes) is 1. The minimum atomic E-state index is -4.73. The third-order valence-electron chi connectivity index (χ3n) is 5.58. The van der Waals surface area contributed by atoms with Crippen molar-refractivity contribution in [1.29, 1.82) is 0 Å². The molecule has 0 spiro atoms. The molecule has 6 nitrogen and oxygen atoms in total. The van der Waals surface area contributed by atoms with E-state index in [4.69, 9.17) is 0 Å². The lowest BCUT2D eigenvalue weighted by atomic mass is 10.2. The molecular formula is C23H29F3N4O2. The molecule has 0 saturated carbocycles. The number of aromatic nitrogens is 1. The zero-order valence-corrected chi connectivity index (χ0v) is 18.0. The summed E-state index contributed by atoms with van der Waals surface area (Å²) in [7, 11) is 0. The van der Waals surface area contributed by atoms with Crippen LogP contribution in [0.4, 0.5) is 13.2 Å². The maximum atomic E-state index is 12.8.